The molecule has 3 atom stereocenters. The zero-order valence-corrected chi connectivity index (χ0v) is 9.61. The molecule has 4 nitrogen and oxygen atoms in total. The Labute approximate surface area is 91.2 Å². The van der Waals surface area contributed by atoms with Gasteiger partial charge in [-0.25, -0.2) is 0 Å². The maximum atomic E-state index is 9.08. The maximum absolute atomic E-state index is 9.08. The molecule has 0 aliphatic carbocycles. The zero-order chi connectivity index (χ0) is 11.3. The predicted octanol–water partition coefficient (Wildman–Crippen LogP) is 1.05. The standard InChI is InChI=1S/C11H22O4/c1-3-11(14-9(2)7-12)6-4-5-10(8-13)15-11/h9-10,12-13H,3-8H2,1-2H3. The van der Waals surface area contributed by atoms with Gasteiger partial charge in [0.1, 0.15) is 0 Å². The van der Waals surface area contributed by atoms with Crippen LogP contribution in [-0.4, -0.2) is 41.4 Å². The lowest BCUT2D eigenvalue weighted by Gasteiger charge is -2.41. The summed E-state index contributed by atoms with van der Waals surface area (Å²) in [4.78, 5) is 0. The third-order valence-corrected chi connectivity index (χ3v) is 2.88. The van der Waals surface area contributed by atoms with Crippen molar-refractivity contribution in [2.24, 2.45) is 0 Å². The second-order valence-corrected chi connectivity index (χ2v) is 4.19. The number of hydrogen-bond acceptors (Lipinski definition) is 4. The summed E-state index contributed by atoms with van der Waals surface area (Å²) in [5.41, 5.74) is 0. The number of hydrogen-bond donors (Lipinski definition) is 2. The molecule has 1 saturated heterocycles. The van der Waals surface area contributed by atoms with Gasteiger partial charge < -0.3 is 19.7 Å². The minimum Gasteiger partial charge on any atom is -0.394 e. The van der Waals surface area contributed by atoms with Gasteiger partial charge in [0.15, 0.2) is 5.79 Å². The monoisotopic (exact) mass is 218 g/mol. The molecule has 0 spiro atoms. The first-order chi connectivity index (χ1) is 7.15. The number of aliphatic hydroxyl groups excluding tert-OH is 2. The molecular weight excluding hydrogens is 196 g/mol. The lowest BCUT2D eigenvalue weighted by atomic mass is 9.99. The Morgan fingerprint density at radius 3 is 2.80 bits per heavy atom. The summed E-state index contributed by atoms with van der Waals surface area (Å²) in [6.45, 7) is 3.86. The van der Waals surface area contributed by atoms with Crippen LogP contribution in [0.3, 0.4) is 0 Å². The average Bonchev–Trinajstić information content (AvgIpc) is 2.29. The molecule has 4 heteroatoms. The van der Waals surface area contributed by atoms with Crippen LogP contribution in [0.15, 0.2) is 0 Å². The highest BCUT2D eigenvalue weighted by atomic mass is 16.7. The van der Waals surface area contributed by atoms with Crippen LogP contribution >= 0.6 is 0 Å². The van der Waals surface area contributed by atoms with Crippen molar-refractivity contribution in [2.75, 3.05) is 13.2 Å². The SMILES string of the molecule is CCC1(OC(C)CO)CCCC(CO)O1. The Morgan fingerprint density at radius 2 is 2.27 bits per heavy atom. The Kier molecular flexibility index (Phi) is 4.99. The lowest BCUT2D eigenvalue weighted by molar-refractivity contribution is -0.303. The van der Waals surface area contributed by atoms with Crippen LogP contribution in [0.25, 0.3) is 0 Å². The maximum Gasteiger partial charge on any atom is 0.168 e. The Morgan fingerprint density at radius 1 is 1.53 bits per heavy atom. The van der Waals surface area contributed by atoms with Gasteiger partial charge in [0, 0.05) is 6.42 Å². The Balaban J connectivity index is 2.57. The van der Waals surface area contributed by atoms with E-state index in [2.05, 4.69) is 0 Å². The number of aliphatic hydroxyl groups is 2. The smallest absolute Gasteiger partial charge is 0.168 e. The highest BCUT2D eigenvalue weighted by Crippen LogP contribution is 2.33. The second-order valence-electron chi connectivity index (χ2n) is 4.19. The topological polar surface area (TPSA) is 58.9 Å². The lowest BCUT2D eigenvalue weighted by Crippen LogP contribution is -2.46. The highest BCUT2D eigenvalue weighted by Gasteiger charge is 2.37. The van der Waals surface area contributed by atoms with Gasteiger partial charge in [-0.2, -0.15) is 0 Å². The van der Waals surface area contributed by atoms with E-state index in [1.165, 1.54) is 0 Å². The van der Waals surface area contributed by atoms with Gasteiger partial charge in [0.2, 0.25) is 0 Å². The molecule has 1 aliphatic heterocycles. The highest BCUT2D eigenvalue weighted by molar-refractivity contribution is 4.78. The minimum absolute atomic E-state index is 0.00506. The normalized spacial score (nSPS) is 34.0. The molecule has 2 N–H and O–H groups in total. The molecule has 0 aromatic carbocycles. The second kappa shape index (κ2) is 5.80. The number of ether oxygens (including phenoxy) is 2. The molecule has 0 amide bonds. The van der Waals surface area contributed by atoms with E-state index >= 15 is 0 Å². The summed E-state index contributed by atoms with van der Waals surface area (Å²) in [5, 5.41) is 18.0. The van der Waals surface area contributed by atoms with Crippen molar-refractivity contribution in [3.05, 3.63) is 0 Å². The molecule has 3 unspecified atom stereocenters. The summed E-state index contributed by atoms with van der Waals surface area (Å²) in [6.07, 6.45) is 3.12. The van der Waals surface area contributed by atoms with Crippen molar-refractivity contribution in [3.8, 4) is 0 Å². The van der Waals surface area contributed by atoms with E-state index in [0.29, 0.717) is 0 Å². The van der Waals surface area contributed by atoms with E-state index in [0.717, 1.165) is 25.7 Å². The van der Waals surface area contributed by atoms with Crippen molar-refractivity contribution in [1.29, 1.82) is 0 Å². The van der Waals surface area contributed by atoms with Crippen LogP contribution in [0, 0.1) is 0 Å². The van der Waals surface area contributed by atoms with Crippen molar-refractivity contribution in [3.63, 3.8) is 0 Å². The molecule has 1 aliphatic rings. The Bertz CT molecular complexity index is 181. The third kappa shape index (κ3) is 3.41. The van der Waals surface area contributed by atoms with Crippen molar-refractivity contribution in [2.45, 2.75) is 57.5 Å². The largest absolute Gasteiger partial charge is 0.394 e. The quantitative estimate of drug-likeness (QED) is 0.724. The molecule has 15 heavy (non-hydrogen) atoms. The molecule has 0 radical (unpaired) electrons. The van der Waals surface area contributed by atoms with Crippen LogP contribution in [-0.2, 0) is 9.47 Å². The summed E-state index contributed by atoms with van der Waals surface area (Å²) in [5.74, 6) is -0.603. The van der Waals surface area contributed by atoms with E-state index in [1.54, 1.807) is 0 Å². The van der Waals surface area contributed by atoms with Gasteiger partial charge in [-0.3, -0.25) is 0 Å². The summed E-state index contributed by atoms with van der Waals surface area (Å²) < 4.78 is 11.5. The van der Waals surface area contributed by atoms with Crippen molar-refractivity contribution in [1.82, 2.24) is 0 Å². The summed E-state index contributed by atoms with van der Waals surface area (Å²) in [6, 6.07) is 0. The van der Waals surface area contributed by atoms with Crippen LogP contribution in [0.4, 0.5) is 0 Å². The first-order valence-electron chi connectivity index (χ1n) is 5.73. The van der Waals surface area contributed by atoms with Gasteiger partial charge in [-0.1, -0.05) is 6.92 Å². The third-order valence-electron chi connectivity index (χ3n) is 2.88. The minimum atomic E-state index is -0.603. The van der Waals surface area contributed by atoms with E-state index in [4.69, 9.17) is 19.7 Å². The van der Waals surface area contributed by atoms with Crippen molar-refractivity contribution < 1.29 is 19.7 Å². The molecular formula is C11H22O4. The fourth-order valence-electron chi connectivity index (χ4n) is 1.98. The summed E-state index contributed by atoms with van der Waals surface area (Å²) in [7, 11) is 0. The first-order valence-corrected chi connectivity index (χ1v) is 5.73. The zero-order valence-electron chi connectivity index (χ0n) is 9.61. The molecule has 0 bridgehead atoms. The van der Waals surface area contributed by atoms with E-state index in [-0.39, 0.29) is 25.4 Å². The average molecular weight is 218 g/mol. The molecule has 90 valence electrons. The molecule has 1 heterocycles. The fraction of sp³-hybridized carbons (Fsp3) is 1.00. The van der Waals surface area contributed by atoms with E-state index in [1.807, 2.05) is 13.8 Å². The van der Waals surface area contributed by atoms with Gasteiger partial charge in [-0.15, -0.1) is 0 Å². The van der Waals surface area contributed by atoms with Crippen LogP contribution in [0.5, 0.6) is 0 Å². The summed E-state index contributed by atoms with van der Waals surface area (Å²) >= 11 is 0. The molecule has 1 rings (SSSR count). The Hall–Kier alpha value is -0.160. The van der Waals surface area contributed by atoms with Crippen LogP contribution in [0.1, 0.15) is 39.5 Å². The molecule has 0 saturated carbocycles. The van der Waals surface area contributed by atoms with Crippen molar-refractivity contribution >= 4 is 0 Å². The van der Waals surface area contributed by atoms with Gasteiger partial charge in [0.25, 0.3) is 0 Å². The van der Waals surface area contributed by atoms with E-state index in [9.17, 15) is 0 Å². The van der Waals surface area contributed by atoms with E-state index < -0.39 is 5.79 Å². The molecule has 0 aromatic rings. The first kappa shape index (κ1) is 12.9. The molecule has 1 fully saturated rings. The van der Waals surface area contributed by atoms with Gasteiger partial charge in [-0.05, 0) is 26.2 Å². The fourth-order valence-corrected chi connectivity index (χ4v) is 1.98. The van der Waals surface area contributed by atoms with Crippen LogP contribution in [0.2, 0.25) is 0 Å². The number of rotatable bonds is 5. The molecule has 0 aromatic heterocycles. The predicted molar refractivity (Wildman–Crippen MR) is 56.5 cm³/mol. The van der Waals surface area contributed by atoms with Crippen LogP contribution < -0.4 is 0 Å². The van der Waals surface area contributed by atoms with Gasteiger partial charge >= 0.3 is 0 Å². The van der Waals surface area contributed by atoms with Gasteiger partial charge in [0.05, 0.1) is 25.4 Å².